The summed E-state index contributed by atoms with van der Waals surface area (Å²) in [5, 5.41) is 0. The average molecular weight is 225 g/mol. The third-order valence-electron chi connectivity index (χ3n) is 1.41. The standard InChI is InChI=1S/C7H5F3O3S/c8-4-1-6(9)5(7(10)2-4)3-13-14(11)12/h1-2H,3H2,(H,11,12)/p-1. The zero-order chi connectivity index (χ0) is 10.7. The molecule has 0 saturated heterocycles. The number of hydrogen-bond acceptors (Lipinski definition) is 3. The maximum atomic E-state index is 12.8. The third kappa shape index (κ3) is 2.79. The van der Waals surface area contributed by atoms with E-state index >= 15 is 0 Å². The molecule has 14 heavy (non-hydrogen) atoms. The van der Waals surface area contributed by atoms with Gasteiger partial charge in [0, 0.05) is 12.1 Å². The van der Waals surface area contributed by atoms with Crippen molar-refractivity contribution in [3.8, 4) is 0 Å². The second kappa shape index (κ2) is 4.54. The smallest absolute Gasteiger partial charge is 0.134 e. The van der Waals surface area contributed by atoms with Crippen molar-refractivity contribution in [2.24, 2.45) is 0 Å². The van der Waals surface area contributed by atoms with Crippen LogP contribution >= 0.6 is 0 Å². The lowest BCUT2D eigenvalue weighted by Gasteiger charge is -2.07. The Labute approximate surface area is 80.0 Å². The summed E-state index contributed by atoms with van der Waals surface area (Å²) in [5.74, 6) is -3.45. The van der Waals surface area contributed by atoms with E-state index in [0.717, 1.165) is 0 Å². The molecule has 0 aliphatic carbocycles. The van der Waals surface area contributed by atoms with Crippen molar-refractivity contribution in [1.29, 1.82) is 0 Å². The molecule has 1 aromatic carbocycles. The van der Waals surface area contributed by atoms with Gasteiger partial charge in [-0.25, -0.2) is 17.4 Å². The Morgan fingerprint density at radius 2 is 1.79 bits per heavy atom. The molecule has 0 aromatic heterocycles. The minimum absolute atomic E-state index is 0.440. The summed E-state index contributed by atoms with van der Waals surface area (Å²) in [7, 11) is 0. The van der Waals surface area contributed by atoms with Gasteiger partial charge in [0.1, 0.15) is 17.5 Å². The van der Waals surface area contributed by atoms with Crippen LogP contribution in [0.2, 0.25) is 0 Å². The molecule has 0 saturated carbocycles. The van der Waals surface area contributed by atoms with E-state index in [1.54, 1.807) is 0 Å². The molecule has 1 atom stereocenters. The molecule has 1 aromatic rings. The van der Waals surface area contributed by atoms with E-state index in [1.807, 2.05) is 0 Å². The monoisotopic (exact) mass is 225 g/mol. The van der Waals surface area contributed by atoms with Crippen LogP contribution < -0.4 is 0 Å². The van der Waals surface area contributed by atoms with Crippen molar-refractivity contribution >= 4 is 11.4 Å². The molecule has 1 rings (SSSR count). The highest BCUT2D eigenvalue weighted by molar-refractivity contribution is 7.74. The van der Waals surface area contributed by atoms with Gasteiger partial charge in [-0.1, -0.05) is 0 Å². The normalized spacial score (nSPS) is 12.9. The predicted octanol–water partition coefficient (Wildman–Crippen LogP) is 1.41. The highest BCUT2D eigenvalue weighted by atomic mass is 32.2. The van der Waals surface area contributed by atoms with E-state index < -0.39 is 41.0 Å². The number of halogens is 3. The Hall–Kier alpha value is -0.920. The molecule has 1 unspecified atom stereocenters. The topological polar surface area (TPSA) is 49.4 Å². The van der Waals surface area contributed by atoms with Crippen molar-refractivity contribution < 1.29 is 26.1 Å². The summed E-state index contributed by atoms with van der Waals surface area (Å²) < 4.78 is 61.8. The van der Waals surface area contributed by atoms with Gasteiger partial charge in [0.2, 0.25) is 0 Å². The molecule has 0 amide bonds. The lowest BCUT2D eigenvalue weighted by atomic mass is 10.2. The van der Waals surface area contributed by atoms with Crippen LogP contribution in [0.1, 0.15) is 5.56 Å². The molecule has 0 N–H and O–H groups in total. The van der Waals surface area contributed by atoms with E-state index in [2.05, 4.69) is 4.18 Å². The summed E-state index contributed by atoms with van der Waals surface area (Å²) in [6, 6.07) is 0.880. The van der Waals surface area contributed by atoms with Gasteiger partial charge in [0.05, 0.1) is 23.5 Å². The molecular formula is C7H4F3O3S-. The van der Waals surface area contributed by atoms with Gasteiger partial charge in [-0.2, -0.15) is 0 Å². The summed E-state index contributed by atoms with van der Waals surface area (Å²) in [5.41, 5.74) is -0.629. The van der Waals surface area contributed by atoms with Crippen molar-refractivity contribution in [3.05, 3.63) is 35.1 Å². The molecule has 78 valence electrons. The number of hydrogen-bond donors (Lipinski definition) is 0. The Morgan fingerprint density at radius 3 is 2.21 bits per heavy atom. The summed E-state index contributed by atoms with van der Waals surface area (Å²) in [6.07, 6.45) is 0. The van der Waals surface area contributed by atoms with E-state index in [4.69, 9.17) is 0 Å². The molecule has 0 radical (unpaired) electrons. The van der Waals surface area contributed by atoms with E-state index in [0.29, 0.717) is 12.1 Å². The first-order valence-electron chi connectivity index (χ1n) is 3.36. The Balaban J connectivity index is 2.91. The maximum Gasteiger partial charge on any atom is 0.134 e. The third-order valence-corrected chi connectivity index (χ3v) is 1.72. The van der Waals surface area contributed by atoms with Crippen molar-refractivity contribution in [2.75, 3.05) is 0 Å². The molecule has 0 aliphatic heterocycles. The Bertz CT molecular complexity index is 346. The van der Waals surface area contributed by atoms with Gasteiger partial charge in [0.25, 0.3) is 0 Å². The first-order valence-corrected chi connectivity index (χ1v) is 4.36. The molecule has 0 fully saturated rings. The fourth-order valence-electron chi connectivity index (χ4n) is 0.817. The number of benzene rings is 1. The quantitative estimate of drug-likeness (QED) is 0.731. The van der Waals surface area contributed by atoms with E-state index in [1.165, 1.54) is 0 Å². The molecule has 0 heterocycles. The van der Waals surface area contributed by atoms with Gasteiger partial charge in [-0.15, -0.1) is 0 Å². The van der Waals surface area contributed by atoms with Gasteiger partial charge in [-0.3, -0.25) is 4.18 Å². The lowest BCUT2D eigenvalue weighted by molar-refractivity contribution is 0.280. The zero-order valence-electron chi connectivity index (χ0n) is 6.63. The molecule has 0 bridgehead atoms. The second-order valence-corrected chi connectivity index (χ2v) is 2.96. The first-order chi connectivity index (χ1) is 6.50. The number of rotatable bonds is 3. The van der Waals surface area contributed by atoms with Crippen LogP contribution in [0.4, 0.5) is 13.2 Å². The fourth-order valence-corrected chi connectivity index (χ4v) is 1.03. The van der Waals surface area contributed by atoms with E-state index in [9.17, 15) is 21.9 Å². The van der Waals surface area contributed by atoms with Crippen molar-refractivity contribution in [1.82, 2.24) is 0 Å². The predicted molar refractivity (Wildman–Crippen MR) is 40.0 cm³/mol. The largest absolute Gasteiger partial charge is 0.750 e. The van der Waals surface area contributed by atoms with Crippen molar-refractivity contribution in [3.63, 3.8) is 0 Å². The van der Waals surface area contributed by atoms with Crippen LogP contribution in [0.25, 0.3) is 0 Å². The summed E-state index contributed by atoms with van der Waals surface area (Å²) in [4.78, 5) is 0. The zero-order valence-corrected chi connectivity index (χ0v) is 7.45. The molecular weight excluding hydrogens is 221 g/mol. The summed E-state index contributed by atoms with van der Waals surface area (Å²) in [6.45, 7) is -0.798. The molecule has 7 heteroatoms. The van der Waals surface area contributed by atoms with E-state index in [-0.39, 0.29) is 0 Å². The fraction of sp³-hybridized carbons (Fsp3) is 0.143. The minimum atomic E-state index is -2.87. The van der Waals surface area contributed by atoms with Crippen LogP contribution in [0.5, 0.6) is 0 Å². The molecule has 0 spiro atoms. The molecule has 0 aliphatic rings. The maximum absolute atomic E-state index is 12.8. The highest BCUT2D eigenvalue weighted by Crippen LogP contribution is 2.15. The SMILES string of the molecule is O=S([O-])OCc1c(F)cc(F)cc1F. The molecule has 3 nitrogen and oxygen atoms in total. The Morgan fingerprint density at radius 1 is 1.29 bits per heavy atom. The Kier molecular flexibility index (Phi) is 3.62. The van der Waals surface area contributed by atoms with Crippen molar-refractivity contribution in [2.45, 2.75) is 6.61 Å². The van der Waals surface area contributed by atoms with Crippen LogP contribution in [-0.2, 0) is 22.2 Å². The lowest BCUT2D eigenvalue weighted by Crippen LogP contribution is -2.02. The van der Waals surface area contributed by atoms with Crippen LogP contribution in [0, 0.1) is 17.5 Å². The highest BCUT2D eigenvalue weighted by Gasteiger charge is 2.11. The van der Waals surface area contributed by atoms with Gasteiger partial charge >= 0.3 is 0 Å². The van der Waals surface area contributed by atoms with Crippen LogP contribution in [0.3, 0.4) is 0 Å². The van der Waals surface area contributed by atoms with Gasteiger partial charge in [-0.05, 0) is 0 Å². The van der Waals surface area contributed by atoms with Crippen LogP contribution in [-0.4, -0.2) is 8.76 Å². The second-order valence-electron chi connectivity index (χ2n) is 2.31. The van der Waals surface area contributed by atoms with Gasteiger partial charge < -0.3 is 4.55 Å². The summed E-state index contributed by atoms with van der Waals surface area (Å²) >= 11 is -2.87. The minimum Gasteiger partial charge on any atom is -0.750 e. The van der Waals surface area contributed by atoms with Gasteiger partial charge in [0.15, 0.2) is 0 Å². The van der Waals surface area contributed by atoms with Crippen LogP contribution in [0.15, 0.2) is 12.1 Å². The average Bonchev–Trinajstić information content (AvgIpc) is 2.01. The first kappa shape index (κ1) is 11.2.